The molecule has 0 saturated heterocycles. The molecule has 1 unspecified atom stereocenters. The van der Waals surface area contributed by atoms with Gasteiger partial charge < -0.3 is 15.0 Å². The van der Waals surface area contributed by atoms with E-state index in [2.05, 4.69) is 17.5 Å². The monoisotopic (exact) mass is 287 g/mol. The van der Waals surface area contributed by atoms with Gasteiger partial charge in [0.1, 0.15) is 0 Å². The van der Waals surface area contributed by atoms with Crippen molar-refractivity contribution in [2.45, 2.75) is 18.9 Å². The second-order valence-corrected chi connectivity index (χ2v) is 5.11. The highest BCUT2D eigenvalue weighted by molar-refractivity contribution is 5.84. The van der Waals surface area contributed by atoms with Crippen LogP contribution in [0.25, 0.3) is 0 Å². The predicted octanol–water partition coefficient (Wildman–Crippen LogP) is 1.26. The maximum absolute atomic E-state index is 12.8. The number of methoxy groups -OCH3 is 1. The highest BCUT2D eigenvalue weighted by Gasteiger charge is 2.29. The third-order valence-electron chi connectivity index (χ3n) is 3.76. The number of nitrogens with zero attached hydrogens (tertiary/aromatic N) is 2. The Kier molecular flexibility index (Phi) is 5.73. The number of hydrogen-bond acceptors (Lipinski definition) is 4. The van der Waals surface area contributed by atoms with Gasteiger partial charge in [0.15, 0.2) is 0 Å². The van der Waals surface area contributed by atoms with Gasteiger partial charge in [0.05, 0.1) is 25.0 Å². The summed E-state index contributed by atoms with van der Waals surface area (Å²) < 4.78 is 5.07. The van der Waals surface area contributed by atoms with Crippen molar-refractivity contribution in [3.63, 3.8) is 0 Å². The van der Waals surface area contributed by atoms with Crippen LogP contribution in [0.4, 0.5) is 0 Å². The number of hydrogen-bond donors (Lipinski definition) is 1. The lowest BCUT2D eigenvalue weighted by atomic mass is 9.89. The number of carbonyl (C=O) groups excluding carboxylic acids is 1. The minimum atomic E-state index is -0.175. The molecule has 21 heavy (non-hydrogen) atoms. The molecule has 2 rings (SSSR count). The van der Waals surface area contributed by atoms with E-state index in [0.29, 0.717) is 32.7 Å². The third kappa shape index (κ3) is 3.81. The van der Waals surface area contributed by atoms with E-state index in [1.165, 1.54) is 5.56 Å². The van der Waals surface area contributed by atoms with Crippen molar-refractivity contribution in [2.75, 3.05) is 33.4 Å². The van der Waals surface area contributed by atoms with Crippen LogP contribution in [0.3, 0.4) is 0 Å². The molecule has 0 bridgehead atoms. The molecule has 1 aliphatic heterocycles. The van der Waals surface area contributed by atoms with E-state index >= 15 is 0 Å². The second kappa shape index (κ2) is 7.77. The fourth-order valence-corrected chi connectivity index (χ4v) is 2.66. The summed E-state index contributed by atoms with van der Waals surface area (Å²) in [5, 5.41) is 12.1. The number of ether oxygens (including phenoxy) is 1. The van der Waals surface area contributed by atoms with Crippen LogP contribution in [0, 0.1) is 11.3 Å². The average molecular weight is 287 g/mol. The van der Waals surface area contributed by atoms with Gasteiger partial charge in [-0.2, -0.15) is 5.26 Å². The first-order chi connectivity index (χ1) is 10.3. The summed E-state index contributed by atoms with van der Waals surface area (Å²) in [6, 6.07) is 10.1. The van der Waals surface area contributed by atoms with E-state index in [4.69, 9.17) is 10.00 Å². The molecule has 1 aromatic carbocycles. The molecule has 1 amide bonds. The van der Waals surface area contributed by atoms with Crippen LogP contribution < -0.4 is 5.32 Å². The van der Waals surface area contributed by atoms with Crippen LogP contribution in [-0.2, 0) is 16.1 Å². The third-order valence-corrected chi connectivity index (χ3v) is 3.76. The van der Waals surface area contributed by atoms with E-state index in [1.807, 2.05) is 18.2 Å². The van der Waals surface area contributed by atoms with Crippen molar-refractivity contribution in [1.29, 1.82) is 5.26 Å². The molecule has 112 valence electrons. The SMILES string of the molecule is COCCN(CCC#N)C(=O)C1CNCc2ccccc21. The predicted molar refractivity (Wildman–Crippen MR) is 79.6 cm³/mol. The molecule has 0 saturated carbocycles. The fourth-order valence-electron chi connectivity index (χ4n) is 2.66. The van der Waals surface area contributed by atoms with Crippen LogP contribution >= 0.6 is 0 Å². The number of benzene rings is 1. The number of amides is 1. The van der Waals surface area contributed by atoms with E-state index in [-0.39, 0.29) is 11.8 Å². The summed E-state index contributed by atoms with van der Waals surface area (Å²) in [6.45, 7) is 2.91. The lowest BCUT2D eigenvalue weighted by Crippen LogP contribution is -2.43. The van der Waals surface area contributed by atoms with Crippen LogP contribution in [0.5, 0.6) is 0 Å². The Labute approximate surface area is 125 Å². The van der Waals surface area contributed by atoms with Crippen molar-refractivity contribution in [3.8, 4) is 6.07 Å². The summed E-state index contributed by atoms with van der Waals surface area (Å²) in [5.41, 5.74) is 2.27. The Balaban J connectivity index is 2.15. The summed E-state index contributed by atoms with van der Waals surface area (Å²) in [7, 11) is 1.62. The molecule has 0 fully saturated rings. The molecule has 1 aliphatic rings. The fraction of sp³-hybridized carbons (Fsp3) is 0.500. The highest BCUT2D eigenvalue weighted by atomic mass is 16.5. The zero-order valence-corrected chi connectivity index (χ0v) is 12.3. The Morgan fingerprint density at radius 2 is 2.29 bits per heavy atom. The molecule has 1 N–H and O–H groups in total. The molecule has 0 spiro atoms. The molecule has 0 aliphatic carbocycles. The zero-order chi connectivity index (χ0) is 15.1. The first-order valence-electron chi connectivity index (χ1n) is 7.21. The van der Waals surface area contributed by atoms with Gasteiger partial charge in [0.25, 0.3) is 0 Å². The summed E-state index contributed by atoms with van der Waals surface area (Å²) >= 11 is 0. The molecule has 5 heteroatoms. The molecule has 0 radical (unpaired) electrons. The van der Waals surface area contributed by atoms with Crippen molar-refractivity contribution in [1.82, 2.24) is 10.2 Å². The van der Waals surface area contributed by atoms with Gasteiger partial charge >= 0.3 is 0 Å². The maximum Gasteiger partial charge on any atom is 0.231 e. The first-order valence-corrected chi connectivity index (χ1v) is 7.21. The van der Waals surface area contributed by atoms with Crippen LogP contribution in [0.15, 0.2) is 24.3 Å². The van der Waals surface area contributed by atoms with E-state index in [1.54, 1.807) is 12.0 Å². The van der Waals surface area contributed by atoms with Gasteiger partial charge in [-0.1, -0.05) is 24.3 Å². The topological polar surface area (TPSA) is 65.4 Å². The van der Waals surface area contributed by atoms with Crippen molar-refractivity contribution in [2.24, 2.45) is 0 Å². The lowest BCUT2D eigenvalue weighted by molar-refractivity contribution is -0.133. The van der Waals surface area contributed by atoms with Gasteiger partial charge in [-0.15, -0.1) is 0 Å². The smallest absolute Gasteiger partial charge is 0.231 e. The van der Waals surface area contributed by atoms with Crippen molar-refractivity contribution in [3.05, 3.63) is 35.4 Å². The zero-order valence-electron chi connectivity index (χ0n) is 12.3. The van der Waals surface area contributed by atoms with Gasteiger partial charge in [0.2, 0.25) is 5.91 Å². The normalized spacial score (nSPS) is 16.9. The van der Waals surface area contributed by atoms with Crippen LogP contribution in [0.2, 0.25) is 0 Å². The van der Waals surface area contributed by atoms with Crippen molar-refractivity contribution >= 4 is 5.91 Å². The summed E-state index contributed by atoms with van der Waals surface area (Å²) in [4.78, 5) is 14.5. The standard InChI is InChI=1S/C16H21N3O2/c1-21-10-9-19(8-4-7-17)16(20)15-12-18-11-13-5-2-3-6-14(13)15/h2-3,5-6,15,18H,4,8-12H2,1H3. The Morgan fingerprint density at radius 3 is 3.05 bits per heavy atom. The largest absolute Gasteiger partial charge is 0.383 e. The average Bonchev–Trinajstić information content (AvgIpc) is 2.54. The second-order valence-electron chi connectivity index (χ2n) is 5.11. The maximum atomic E-state index is 12.8. The Morgan fingerprint density at radius 1 is 1.48 bits per heavy atom. The number of rotatable bonds is 6. The minimum absolute atomic E-state index is 0.0713. The van der Waals surface area contributed by atoms with Crippen LogP contribution in [0.1, 0.15) is 23.5 Å². The van der Waals surface area contributed by atoms with Gasteiger partial charge in [-0.25, -0.2) is 0 Å². The number of carbonyl (C=O) groups is 1. The van der Waals surface area contributed by atoms with Gasteiger partial charge in [-0.3, -0.25) is 4.79 Å². The van der Waals surface area contributed by atoms with Crippen LogP contribution in [-0.4, -0.2) is 44.2 Å². The number of fused-ring (bicyclic) bond motifs is 1. The van der Waals surface area contributed by atoms with E-state index in [9.17, 15) is 4.79 Å². The molecular weight excluding hydrogens is 266 g/mol. The quantitative estimate of drug-likeness (QED) is 0.855. The number of nitriles is 1. The lowest BCUT2D eigenvalue weighted by Gasteiger charge is -2.31. The minimum Gasteiger partial charge on any atom is -0.383 e. The molecule has 1 atom stereocenters. The van der Waals surface area contributed by atoms with Crippen molar-refractivity contribution < 1.29 is 9.53 Å². The molecule has 5 nitrogen and oxygen atoms in total. The summed E-state index contributed by atoms with van der Waals surface area (Å²) in [6.07, 6.45) is 0.344. The Bertz CT molecular complexity index is 524. The molecule has 1 heterocycles. The Hall–Kier alpha value is -1.90. The molecule has 0 aromatic heterocycles. The summed E-state index contributed by atoms with van der Waals surface area (Å²) in [5.74, 6) is -0.104. The van der Waals surface area contributed by atoms with E-state index in [0.717, 1.165) is 12.1 Å². The highest BCUT2D eigenvalue weighted by Crippen LogP contribution is 2.25. The molecule has 1 aromatic rings. The first kappa shape index (κ1) is 15.5. The van der Waals surface area contributed by atoms with Gasteiger partial charge in [-0.05, 0) is 11.1 Å². The van der Waals surface area contributed by atoms with E-state index < -0.39 is 0 Å². The van der Waals surface area contributed by atoms with Gasteiger partial charge in [0, 0.05) is 33.3 Å². The number of nitrogens with one attached hydrogen (secondary N) is 1. The molecular formula is C16H21N3O2.